The van der Waals surface area contributed by atoms with Gasteiger partial charge in [-0.2, -0.15) is 0 Å². The van der Waals surface area contributed by atoms with E-state index in [4.69, 9.17) is 0 Å². The molecule has 15 heavy (non-hydrogen) atoms. The molecule has 1 heterocycles. The van der Waals surface area contributed by atoms with Gasteiger partial charge < -0.3 is 10.2 Å². The van der Waals surface area contributed by atoms with Crippen LogP contribution in [0.4, 0.5) is 5.82 Å². The van der Waals surface area contributed by atoms with Gasteiger partial charge in [-0.3, -0.25) is 4.98 Å². The summed E-state index contributed by atoms with van der Waals surface area (Å²) in [6.45, 7) is 7.02. The van der Waals surface area contributed by atoms with Crippen LogP contribution in [0.1, 0.15) is 26.0 Å². The molecule has 0 atom stereocenters. The molecule has 4 nitrogen and oxygen atoms in total. The molecule has 1 aromatic rings. The van der Waals surface area contributed by atoms with E-state index < -0.39 is 0 Å². The minimum absolute atomic E-state index is 0.803. The smallest absolute Gasteiger partial charge is 0.146 e. The van der Waals surface area contributed by atoms with Gasteiger partial charge in [-0.15, -0.1) is 0 Å². The quantitative estimate of drug-likeness (QED) is 0.718. The zero-order valence-electron chi connectivity index (χ0n) is 9.82. The van der Waals surface area contributed by atoms with Crippen LogP contribution in [0.2, 0.25) is 0 Å². The standard InChI is InChI=1S/C11H20N4/c1-4-6-12-7-10-8-14-11(9-13-10)15(3)5-2/h8-9,12H,4-7H2,1-3H3. The van der Waals surface area contributed by atoms with E-state index in [1.165, 1.54) is 0 Å². The molecule has 0 aliphatic carbocycles. The van der Waals surface area contributed by atoms with Crippen molar-refractivity contribution in [3.8, 4) is 0 Å². The van der Waals surface area contributed by atoms with Gasteiger partial charge in [-0.25, -0.2) is 4.98 Å². The Morgan fingerprint density at radius 2 is 2.07 bits per heavy atom. The number of hydrogen-bond donors (Lipinski definition) is 1. The van der Waals surface area contributed by atoms with Crippen LogP contribution < -0.4 is 10.2 Å². The number of nitrogens with one attached hydrogen (secondary N) is 1. The number of anilines is 1. The molecule has 0 bridgehead atoms. The van der Waals surface area contributed by atoms with Crippen molar-refractivity contribution in [2.45, 2.75) is 26.8 Å². The Morgan fingerprint density at radius 3 is 2.60 bits per heavy atom. The second kappa shape index (κ2) is 6.35. The fraction of sp³-hybridized carbons (Fsp3) is 0.636. The Morgan fingerprint density at radius 1 is 1.27 bits per heavy atom. The molecule has 1 N–H and O–H groups in total. The topological polar surface area (TPSA) is 41.1 Å². The molecule has 0 amide bonds. The molecule has 0 unspecified atom stereocenters. The summed E-state index contributed by atoms with van der Waals surface area (Å²) in [6, 6.07) is 0. The van der Waals surface area contributed by atoms with Gasteiger partial charge in [0.25, 0.3) is 0 Å². The summed E-state index contributed by atoms with van der Waals surface area (Å²) >= 11 is 0. The average molecular weight is 208 g/mol. The molecular weight excluding hydrogens is 188 g/mol. The van der Waals surface area contributed by atoms with Gasteiger partial charge in [-0.1, -0.05) is 6.92 Å². The number of hydrogen-bond acceptors (Lipinski definition) is 4. The van der Waals surface area contributed by atoms with Crippen molar-refractivity contribution in [3.05, 3.63) is 18.1 Å². The largest absolute Gasteiger partial charge is 0.359 e. The lowest BCUT2D eigenvalue weighted by molar-refractivity contribution is 0.661. The number of nitrogens with zero attached hydrogens (tertiary/aromatic N) is 3. The predicted molar refractivity (Wildman–Crippen MR) is 63.0 cm³/mol. The van der Waals surface area contributed by atoms with E-state index in [1.807, 2.05) is 19.4 Å². The first-order valence-electron chi connectivity index (χ1n) is 5.50. The summed E-state index contributed by atoms with van der Waals surface area (Å²) in [7, 11) is 2.01. The van der Waals surface area contributed by atoms with Crippen LogP contribution in [-0.4, -0.2) is 30.1 Å². The van der Waals surface area contributed by atoms with Crippen molar-refractivity contribution < 1.29 is 0 Å². The summed E-state index contributed by atoms with van der Waals surface area (Å²) in [4.78, 5) is 10.8. The fourth-order valence-corrected chi connectivity index (χ4v) is 1.19. The maximum Gasteiger partial charge on any atom is 0.146 e. The molecule has 0 aromatic carbocycles. The van der Waals surface area contributed by atoms with E-state index >= 15 is 0 Å². The second-order valence-electron chi connectivity index (χ2n) is 3.56. The number of rotatable bonds is 6. The molecule has 1 aromatic heterocycles. The van der Waals surface area contributed by atoms with Gasteiger partial charge in [0.15, 0.2) is 0 Å². The van der Waals surface area contributed by atoms with Crippen LogP contribution >= 0.6 is 0 Å². The molecule has 0 aliphatic rings. The van der Waals surface area contributed by atoms with Crippen LogP contribution in [0.3, 0.4) is 0 Å². The highest BCUT2D eigenvalue weighted by Gasteiger charge is 2.00. The third-order valence-corrected chi connectivity index (χ3v) is 2.29. The van der Waals surface area contributed by atoms with Crippen molar-refractivity contribution >= 4 is 5.82 Å². The van der Waals surface area contributed by atoms with Crippen molar-refractivity contribution in [3.63, 3.8) is 0 Å². The molecular formula is C11H20N4. The second-order valence-corrected chi connectivity index (χ2v) is 3.56. The van der Waals surface area contributed by atoms with Crippen LogP contribution in [0.25, 0.3) is 0 Å². The van der Waals surface area contributed by atoms with Gasteiger partial charge in [-0.05, 0) is 19.9 Å². The molecule has 0 saturated carbocycles. The zero-order chi connectivity index (χ0) is 11.1. The normalized spacial score (nSPS) is 10.3. The van der Waals surface area contributed by atoms with Gasteiger partial charge >= 0.3 is 0 Å². The molecule has 4 heteroatoms. The van der Waals surface area contributed by atoms with Crippen molar-refractivity contribution in [1.82, 2.24) is 15.3 Å². The molecule has 0 spiro atoms. The Labute approximate surface area is 91.7 Å². The lowest BCUT2D eigenvalue weighted by atomic mass is 10.4. The van der Waals surface area contributed by atoms with E-state index in [1.54, 1.807) is 0 Å². The highest BCUT2D eigenvalue weighted by molar-refractivity contribution is 5.33. The lowest BCUT2D eigenvalue weighted by Crippen LogP contribution is -2.19. The first kappa shape index (κ1) is 11.9. The van der Waals surface area contributed by atoms with Gasteiger partial charge in [0, 0.05) is 20.1 Å². The van der Waals surface area contributed by atoms with E-state index in [9.17, 15) is 0 Å². The maximum atomic E-state index is 4.35. The lowest BCUT2D eigenvalue weighted by Gasteiger charge is -2.14. The molecule has 1 rings (SSSR count). The number of aromatic nitrogens is 2. The SMILES string of the molecule is CCCNCc1cnc(N(C)CC)cn1. The molecule has 84 valence electrons. The summed E-state index contributed by atoms with van der Waals surface area (Å²) in [5, 5.41) is 3.30. The zero-order valence-corrected chi connectivity index (χ0v) is 9.82. The summed E-state index contributed by atoms with van der Waals surface area (Å²) in [5.41, 5.74) is 0.997. The highest BCUT2D eigenvalue weighted by atomic mass is 15.2. The van der Waals surface area contributed by atoms with Crippen LogP contribution in [0.5, 0.6) is 0 Å². The van der Waals surface area contributed by atoms with Crippen LogP contribution in [0.15, 0.2) is 12.4 Å². The van der Waals surface area contributed by atoms with Gasteiger partial charge in [0.05, 0.1) is 18.1 Å². The van der Waals surface area contributed by atoms with Crippen LogP contribution in [-0.2, 0) is 6.54 Å². The molecule has 0 radical (unpaired) electrons. The maximum absolute atomic E-state index is 4.35. The van der Waals surface area contributed by atoms with Crippen molar-refractivity contribution in [1.29, 1.82) is 0 Å². The fourth-order valence-electron chi connectivity index (χ4n) is 1.19. The Bertz CT molecular complexity index is 270. The first-order valence-corrected chi connectivity index (χ1v) is 5.50. The van der Waals surface area contributed by atoms with Gasteiger partial charge in [0.1, 0.15) is 5.82 Å². The summed E-state index contributed by atoms with van der Waals surface area (Å²) < 4.78 is 0. The van der Waals surface area contributed by atoms with E-state index in [2.05, 4.69) is 34.0 Å². The molecule has 0 aliphatic heterocycles. The first-order chi connectivity index (χ1) is 7.27. The Hall–Kier alpha value is -1.16. The minimum Gasteiger partial charge on any atom is -0.359 e. The summed E-state index contributed by atoms with van der Waals surface area (Å²) in [5.74, 6) is 0.928. The van der Waals surface area contributed by atoms with Crippen molar-refractivity contribution in [2.24, 2.45) is 0 Å². The third-order valence-electron chi connectivity index (χ3n) is 2.29. The predicted octanol–water partition coefficient (Wildman–Crippen LogP) is 1.43. The third kappa shape index (κ3) is 3.83. The summed E-state index contributed by atoms with van der Waals surface area (Å²) in [6.07, 6.45) is 4.81. The highest BCUT2D eigenvalue weighted by Crippen LogP contribution is 2.05. The van der Waals surface area contributed by atoms with E-state index in [0.29, 0.717) is 0 Å². The monoisotopic (exact) mass is 208 g/mol. The van der Waals surface area contributed by atoms with E-state index in [-0.39, 0.29) is 0 Å². The average Bonchev–Trinajstić information content (AvgIpc) is 2.29. The van der Waals surface area contributed by atoms with E-state index in [0.717, 1.165) is 37.6 Å². The molecule has 0 fully saturated rings. The van der Waals surface area contributed by atoms with Crippen LogP contribution in [0, 0.1) is 0 Å². The Balaban J connectivity index is 2.49. The minimum atomic E-state index is 0.803. The van der Waals surface area contributed by atoms with Gasteiger partial charge in [0.2, 0.25) is 0 Å². The van der Waals surface area contributed by atoms with Crippen molar-refractivity contribution in [2.75, 3.05) is 25.0 Å². The molecule has 0 saturated heterocycles. The Kier molecular flexibility index (Phi) is 5.04.